The lowest BCUT2D eigenvalue weighted by atomic mass is 10.1. The largest absolute Gasteiger partial charge is 0.317 e. The lowest BCUT2D eigenvalue weighted by Gasteiger charge is -2.07. The lowest BCUT2D eigenvalue weighted by molar-refractivity contribution is 0.569. The number of allylic oxidation sites excluding steroid dienone is 2. The summed E-state index contributed by atoms with van der Waals surface area (Å²) in [5.74, 6) is 0. The highest BCUT2D eigenvalue weighted by molar-refractivity contribution is 5.05. The van der Waals surface area contributed by atoms with Crippen molar-refractivity contribution in [2.24, 2.45) is 0 Å². The number of nitrogens with one attached hydrogen (secondary N) is 1. The van der Waals surface area contributed by atoms with Gasteiger partial charge in [0.2, 0.25) is 0 Å². The van der Waals surface area contributed by atoms with Crippen molar-refractivity contribution in [3.05, 3.63) is 11.6 Å². The molecule has 1 aliphatic carbocycles. The van der Waals surface area contributed by atoms with Gasteiger partial charge < -0.3 is 5.32 Å². The molecule has 0 aromatic rings. The maximum absolute atomic E-state index is 3.26. The molecule has 1 aliphatic rings. The fourth-order valence-corrected chi connectivity index (χ4v) is 1.72. The van der Waals surface area contributed by atoms with E-state index in [4.69, 9.17) is 0 Å². The van der Waals surface area contributed by atoms with Gasteiger partial charge in [-0.2, -0.15) is 0 Å². The van der Waals surface area contributed by atoms with Crippen molar-refractivity contribution in [2.45, 2.75) is 51.5 Å². The van der Waals surface area contributed by atoms with Crippen molar-refractivity contribution in [3.8, 4) is 0 Å². The maximum Gasteiger partial charge on any atom is 0.00386 e. The van der Waals surface area contributed by atoms with Crippen molar-refractivity contribution < 1.29 is 0 Å². The van der Waals surface area contributed by atoms with Crippen LogP contribution >= 0.6 is 0 Å². The van der Waals surface area contributed by atoms with E-state index in [1.54, 1.807) is 5.57 Å². The molecule has 0 aromatic carbocycles. The van der Waals surface area contributed by atoms with Crippen molar-refractivity contribution in [2.75, 3.05) is 7.05 Å². The molecule has 1 N–H and O–H groups in total. The van der Waals surface area contributed by atoms with E-state index in [9.17, 15) is 0 Å². The molecule has 0 spiro atoms. The average molecular weight is 167 g/mol. The first-order chi connectivity index (χ1) is 5.83. The Kier molecular flexibility index (Phi) is 4.37. The van der Waals surface area contributed by atoms with Crippen molar-refractivity contribution in [3.63, 3.8) is 0 Å². The van der Waals surface area contributed by atoms with Gasteiger partial charge in [0.05, 0.1) is 0 Å². The Bertz CT molecular complexity index is 141. The van der Waals surface area contributed by atoms with Crippen LogP contribution in [0.2, 0.25) is 0 Å². The van der Waals surface area contributed by atoms with Gasteiger partial charge in [0.25, 0.3) is 0 Å². The zero-order chi connectivity index (χ0) is 8.81. The van der Waals surface area contributed by atoms with Crippen LogP contribution in [0, 0.1) is 0 Å². The highest BCUT2D eigenvalue weighted by Crippen LogP contribution is 2.24. The third-order valence-electron chi connectivity index (χ3n) is 2.77. The molecular formula is C11H21N. The van der Waals surface area contributed by atoms with Gasteiger partial charge in [0.1, 0.15) is 0 Å². The third-order valence-corrected chi connectivity index (χ3v) is 2.77. The van der Waals surface area contributed by atoms with Crippen molar-refractivity contribution >= 4 is 0 Å². The molecule has 1 fully saturated rings. The van der Waals surface area contributed by atoms with E-state index in [0.29, 0.717) is 6.04 Å². The van der Waals surface area contributed by atoms with E-state index in [-0.39, 0.29) is 0 Å². The van der Waals surface area contributed by atoms with Gasteiger partial charge in [-0.1, -0.05) is 11.6 Å². The zero-order valence-electron chi connectivity index (χ0n) is 8.40. The zero-order valence-corrected chi connectivity index (χ0v) is 8.40. The van der Waals surface area contributed by atoms with Crippen LogP contribution in [0.1, 0.15) is 45.4 Å². The molecule has 0 aromatic heterocycles. The van der Waals surface area contributed by atoms with Crippen molar-refractivity contribution in [1.29, 1.82) is 0 Å². The summed E-state index contributed by atoms with van der Waals surface area (Å²) < 4.78 is 0. The molecule has 1 atom stereocenters. The maximum atomic E-state index is 3.26. The Labute approximate surface area is 76.2 Å². The Morgan fingerprint density at radius 1 is 1.42 bits per heavy atom. The molecule has 0 unspecified atom stereocenters. The van der Waals surface area contributed by atoms with Gasteiger partial charge >= 0.3 is 0 Å². The molecular weight excluding hydrogens is 146 g/mol. The molecule has 1 rings (SSSR count). The van der Waals surface area contributed by atoms with Gasteiger partial charge in [0, 0.05) is 6.04 Å². The summed E-state index contributed by atoms with van der Waals surface area (Å²) in [6.45, 7) is 2.24. The summed E-state index contributed by atoms with van der Waals surface area (Å²) >= 11 is 0. The summed E-state index contributed by atoms with van der Waals surface area (Å²) in [5, 5.41) is 3.26. The third kappa shape index (κ3) is 3.40. The first-order valence-corrected chi connectivity index (χ1v) is 5.18. The fraction of sp³-hybridized carbons (Fsp3) is 0.818. The summed E-state index contributed by atoms with van der Waals surface area (Å²) in [4.78, 5) is 0. The first kappa shape index (κ1) is 9.79. The summed E-state index contributed by atoms with van der Waals surface area (Å²) in [6.07, 6.45) is 10.6. The van der Waals surface area contributed by atoms with E-state index >= 15 is 0 Å². The van der Waals surface area contributed by atoms with E-state index in [1.807, 2.05) is 7.05 Å². The monoisotopic (exact) mass is 167 g/mol. The van der Waals surface area contributed by atoms with Gasteiger partial charge in [-0.15, -0.1) is 0 Å². The Morgan fingerprint density at radius 3 is 2.67 bits per heavy atom. The molecule has 0 saturated heterocycles. The smallest absolute Gasteiger partial charge is 0.00386 e. The van der Waals surface area contributed by atoms with Crippen LogP contribution < -0.4 is 5.32 Å². The van der Waals surface area contributed by atoms with Crippen LogP contribution in [0.3, 0.4) is 0 Å². The minimum absolute atomic E-state index is 0.670. The Morgan fingerprint density at radius 2 is 2.08 bits per heavy atom. The molecule has 0 radical (unpaired) electrons. The van der Waals surface area contributed by atoms with E-state index in [0.717, 1.165) is 0 Å². The van der Waals surface area contributed by atoms with Crippen LogP contribution in [0.25, 0.3) is 0 Å². The van der Waals surface area contributed by atoms with Crippen molar-refractivity contribution in [1.82, 2.24) is 5.32 Å². The highest BCUT2D eigenvalue weighted by atomic mass is 14.8. The van der Waals surface area contributed by atoms with Gasteiger partial charge in [-0.25, -0.2) is 0 Å². The lowest BCUT2D eigenvalue weighted by Crippen LogP contribution is -2.20. The Hall–Kier alpha value is -0.300. The second-order valence-corrected chi connectivity index (χ2v) is 3.84. The summed E-state index contributed by atoms with van der Waals surface area (Å²) in [5.41, 5.74) is 1.71. The number of hydrogen-bond donors (Lipinski definition) is 1. The standard InChI is InChI=1S/C11H21N/c1-10(12-2)6-5-9-11-7-3-4-8-11/h9-10,12H,3-8H2,1-2H3/t10-/m1/s1. The predicted molar refractivity (Wildman–Crippen MR) is 54.3 cm³/mol. The predicted octanol–water partition coefficient (Wildman–Crippen LogP) is 2.87. The van der Waals surface area contributed by atoms with Gasteiger partial charge in [-0.3, -0.25) is 0 Å². The van der Waals surface area contributed by atoms with E-state index in [2.05, 4.69) is 18.3 Å². The SMILES string of the molecule is CN[C@H](C)CCC=C1CCCC1. The summed E-state index contributed by atoms with van der Waals surface area (Å²) in [6, 6.07) is 0.670. The number of hydrogen-bond acceptors (Lipinski definition) is 1. The highest BCUT2D eigenvalue weighted by Gasteiger charge is 2.05. The molecule has 0 heterocycles. The second-order valence-electron chi connectivity index (χ2n) is 3.84. The fourth-order valence-electron chi connectivity index (χ4n) is 1.72. The molecule has 1 heteroatoms. The van der Waals surface area contributed by atoms with E-state index in [1.165, 1.54) is 38.5 Å². The quantitative estimate of drug-likeness (QED) is 0.635. The van der Waals surface area contributed by atoms with Crippen LogP contribution in [0.4, 0.5) is 0 Å². The Balaban J connectivity index is 2.11. The number of rotatable bonds is 4. The molecule has 0 aliphatic heterocycles. The topological polar surface area (TPSA) is 12.0 Å². The summed E-state index contributed by atoms with van der Waals surface area (Å²) in [7, 11) is 2.04. The normalized spacial score (nSPS) is 19.7. The van der Waals surface area contributed by atoms with Crippen LogP contribution in [0.15, 0.2) is 11.6 Å². The van der Waals surface area contributed by atoms with Crippen LogP contribution in [0.5, 0.6) is 0 Å². The molecule has 1 nitrogen and oxygen atoms in total. The molecule has 12 heavy (non-hydrogen) atoms. The molecule has 0 amide bonds. The molecule has 0 bridgehead atoms. The van der Waals surface area contributed by atoms with Crippen LogP contribution in [-0.4, -0.2) is 13.1 Å². The molecule has 70 valence electrons. The van der Waals surface area contributed by atoms with Gasteiger partial charge in [-0.05, 0) is 52.5 Å². The average Bonchev–Trinajstić information content (AvgIpc) is 2.57. The minimum Gasteiger partial charge on any atom is -0.317 e. The first-order valence-electron chi connectivity index (χ1n) is 5.18. The van der Waals surface area contributed by atoms with E-state index < -0.39 is 0 Å². The van der Waals surface area contributed by atoms with Crippen LogP contribution in [-0.2, 0) is 0 Å². The minimum atomic E-state index is 0.670. The molecule has 1 saturated carbocycles. The second kappa shape index (κ2) is 5.36. The van der Waals surface area contributed by atoms with Gasteiger partial charge in [0.15, 0.2) is 0 Å².